The predicted octanol–water partition coefficient (Wildman–Crippen LogP) is 4.07. The molecule has 0 radical (unpaired) electrons. The first-order valence-electron chi connectivity index (χ1n) is 12.8. The van der Waals surface area contributed by atoms with E-state index in [9.17, 15) is 4.79 Å². The first kappa shape index (κ1) is 24.7. The van der Waals surface area contributed by atoms with Crippen LogP contribution in [-0.2, 0) is 17.7 Å². The van der Waals surface area contributed by atoms with Crippen molar-refractivity contribution in [3.05, 3.63) is 93.7 Å². The van der Waals surface area contributed by atoms with Crippen LogP contribution in [0.3, 0.4) is 0 Å². The van der Waals surface area contributed by atoms with E-state index in [4.69, 9.17) is 18.9 Å². The number of anilines is 2. The lowest BCUT2D eigenvalue weighted by molar-refractivity contribution is 0.0383. The van der Waals surface area contributed by atoms with Crippen molar-refractivity contribution in [2.45, 2.75) is 19.1 Å². The van der Waals surface area contributed by atoms with Gasteiger partial charge in [0.2, 0.25) is 11.8 Å². The van der Waals surface area contributed by atoms with Crippen molar-refractivity contribution in [1.82, 2.24) is 15.0 Å². The maximum absolute atomic E-state index is 12.4. The maximum atomic E-state index is 12.4. The quantitative estimate of drug-likeness (QED) is 0.324. The Kier molecular flexibility index (Phi) is 6.76. The van der Waals surface area contributed by atoms with Gasteiger partial charge in [-0.15, -0.1) is 0 Å². The molecule has 0 saturated carbocycles. The smallest absolute Gasteiger partial charge is 0.271 e. The molecule has 0 bridgehead atoms. The lowest BCUT2D eigenvalue weighted by Crippen LogP contribution is -2.41. The highest BCUT2D eigenvalue weighted by Gasteiger charge is 2.29. The van der Waals surface area contributed by atoms with E-state index >= 15 is 0 Å². The Balaban J connectivity index is 1.19. The standard InChI is InChI=1S/C29H29N5O5/c1-36-26-15-27(37-2)33-25(32-26)16-31-20-8-9-23-19(14-20)13-18-5-3-6-21(28(18)39-23)24-17-34(11-12-38-24)22-7-4-10-30-29(22)35/h3-10,14-15,24,31H,11-13,16-17H2,1-2H3,(H,30,35). The Labute approximate surface area is 225 Å². The summed E-state index contributed by atoms with van der Waals surface area (Å²) >= 11 is 0. The minimum Gasteiger partial charge on any atom is -0.481 e. The second kappa shape index (κ2) is 10.7. The van der Waals surface area contributed by atoms with Crippen LogP contribution in [0.4, 0.5) is 11.4 Å². The molecule has 2 N–H and O–H groups in total. The topological polar surface area (TPSA) is 111 Å². The summed E-state index contributed by atoms with van der Waals surface area (Å²) in [5.41, 5.74) is 4.65. The highest BCUT2D eigenvalue weighted by molar-refractivity contribution is 5.59. The van der Waals surface area contributed by atoms with Crippen LogP contribution in [0.2, 0.25) is 0 Å². The average Bonchev–Trinajstić information content (AvgIpc) is 2.98. The van der Waals surface area contributed by atoms with Crippen LogP contribution in [0.5, 0.6) is 23.3 Å². The second-order valence-corrected chi connectivity index (χ2v) is 9.35. The molecule has 10 heteroatoms. The van der Waals surface area contributed by atoms with Crippen LogP contribution in [-0.4, -0.2) is 48.9 Å². The molecule has 0 aliphatic carbocycles. The van der Waals surface area contributed by atoms with Gasteiger partial charge in [0.25, 0.3) is 5.56 Å². The number of methoxy groups -OCH3 is 2. The summed E-state index contributed by atoms with van der Waals surface area (Å²) in [5.74, 6) is 3.11. The molecule has 4 heterocycles. The number of H-pyrrole nitrogens is 1. The zero-order valence-corrected chi connectivity index (χ0v) is 21.8. The number of hydrogen-bond donors (Lipinski definition) is 2. The number of rotatable bonds is 7. The highest BCUT2D eigenvalue weighted by Crippen LogP contribution is 2.43. The summed E-state index contributed by atoms with van der Waals surface area (Å²) in [6.07, 6.45) is 2.16. The van der Waals surface area contributed by atoms with Gasteiger partial charge in [0.15, 0.2) is 5.82 Å². The molecule has 6 rings (SSSR count). The van der Waals surface area contributed by atoms with E-state index in [1.165, 1.54) is 0 Å². The molecule has 0 spiro atoms. The van der Waals surface area contributed by atoms with Crippen molar-refractivity contribution in [3.63, 3.8) is 0 Å². The Hall–Kier alpha value is -4.57. The van der Waals surface area contributed by atoms with Gasteiger partial charge >= 0.3 is 0 Å². The molecule has 1 fully saturated rings. The normalized spacial score (nSPS) is 16.1. The number of fused-ring (bicyclic) bond motifs is 2. The summed E-state index contributed by atoms with van der Waals surface area (Å²) in [6.45, 7) is 2.16. The van der Waals surface area contributed by atoms with Gasteiger partial charge in [-0.2, -0.15) is 9.97 Å². The summed E-state index contributed by atoms with van der Waals surface area (Å²) in [7, 11) is 3.12. The molecule has 1 unspecified atom stereocenters. The number of nitrogens with one attached hydrogen (secondary N) is 2. The van der Waals surface area contributed by atoms with E-state index in [1.54, 1.807) is 26.5 Å². The van der Waals surface area contributed by atoms with Crippen LogP contribution < -0.4 is 30.0 Å². The molecule has 0 amide bonds. The molecule has 4 aromatic rings. The average molecular weight is 528 g/mol. The molecular formula is C29H29N5O5. The molecule has 1 atom stereocenters. The van der Waals surface area contributed by atoms with E-state index < -0.39 is 0 Å². The van der Waals surface area contributed by atoms with Crippen molar-refractivity contribution >= 4 is 11.4 Å². The first-order valence-corrected chi connectivity index (χ1v) is 12.8. The van der Waals surface area contributed by atoms with Crippen LogP contribution in [0.15, 0.2) is 65.6 Å². The van der Waals surface area contributed by atoms with Crippen molar-refractivity contribution in [3.8, 4) is 23.3 Å². The molecule has 2 aliphatic heterocycles. The third-order valence-electron chi connectivity index (χ3n) is 6.93. The number of aromatic amines is 1. The molecule has 39 heavy (non-hydrogen) atoms. The third kappa shape index (κ3) is 5.10. The van der Waals surface area contributed by atoms with Crippen LogP contribution in [0.1, 0.15) is 28.6 Å². The second-order valence-electron chi connectivity index (χ2n) is 9.35. The van der Waals surface area contributed by atoms with E-state index in [-0.39, 0.29) is 11.7 Å². The lowest BCUT2D eigenvalue weighted by Gasteiger charge is -2.35. The highest BCUT2D eigenvalue weighted by atomic mass is 16.5. The molecule has 200 valence electrons. The Morgan fingerprint density at radius 3 is 2.69 bits per heavy atom. The number of nitrogens with zero attached hydrogens (tertiary/aromatic N) is 3. The van der Waals surface area contributed by atoms with E-state index in [0.29, 0.717) is 49.5 Å². The summed E-state index contributed by atoms with van der Waals surface area (Å²) in [6, 6.07) is 17.5. The number of para-hydroxylation sites is 1. The fourth-order valence-electron chi connectivity index (χ4n) is 5.00. The Bertz CT molecular complexity index is 1530. The van der Waals surface area contributed by atoms with Gasteiger partial charge in [0.1, 0.15) is 23.3 Å². The molecule has 10 nitrogen and oxygen atoms in total. The van der Waals surface area contributed by atoms with Gasteiger partial charge in [-0.05, 0) is 35.9 Å². The zero-order chi connectivity index (χ0) is 26.8. The van der Waals surface area contributed by atoms with E-state index in [2.05, 4.69) is 37.3 Å². The van der Waals surface area contributed by atoms with Crippen molar-refractivity contribution in [2.75, 3.05) is 44.1 Å². The van der Waals surface area contributed by atoms with Gasteiger partial charge in [0, 0.05) is 42.5 Å². The number of morpholine rings is 1. The van der Waals surface area contributed by atoms with Crippen molar-refractivity contribution < 1.29 is 18.9 Å². The third-order valence-corrected chi connectivity index (χ3v) is 6.93. The monoisotopic (exact) mass is 527 g/mol. The lowest BCUT2D eigenvalue weighted by atomic mass is 9.95. The molecule has 2 aliphatic rings. The van der Waals surface area contributed by atoms with Crippen molar-refractivity contribution in [2.24, 2.45) is 0 Å². The summed E-state index contributed by atoms with van der Waals surface area (Å²) in [5, 5.41) is 3.38. The van der Waals surface area contributed by atoms with Crippen LogP contribution in [0, 0.1) is 0 Å². The number of ether oxygens (including phenoxy) is 4. The fourth-order valence-corrected chi connectivity index (χ4v) is 5.00. The van der Waals surface area contributed by atoms with Gasteiger partial charge < -0.3 is 34.1 Å². The van der Waals surface area contributed by atoms with Crippen LogP contribution >= 0.6 is 0 Å². The largest absolute Gasteiger partial charge is 0.481 e. The van der Waals surface area contributed by atoms with Crippen LogP contribution in [0.25, 0.3) is 0 Å². The Morgan fingerprint density at radius 1 is 1.05 bits per heavy atom. The Morgan fingerprint density at radius 2 is 1.90 bits per heavy atom. The maximum Gasteiger partial charge on any atom is 0.271 e. The van der Waals surface area contributed by atoms with Gasteiger partial charge in [-0.3, -0.25) is 4.79 Å². The number of hydrogen-bond acceptors (Lipinski definition) is 9. The van der Waals surface area contributed by atoms with Gasteiger partial charge in [0.05, 0.1) is 33.4 Å². The number of benzene rings is 2. The first-order chi connectivity index (χ1) is 19.1. The van der Waals surface area contributed by atoms with E-state index in [1.807, 2.05) is 36.4 Å². The molecule has 1 saturated heterocycles. The molecule has 2 aromatic heterocycles. The summed E-state index contributed by atoms with van der Waals surface area (Å²) in [4.78, 5) is 26.0. The molecule has 2 aromatic carbocycles. The number of aromatic nitrogens is 3. The minimum absolute atomic E-state index is 0.0973. The predicted molar refractivity (Wildman–Crippen MR) is 146 cm³/mol. The summed E-state index contributed by atoms with van der Waals surface area (Å²) < 4.78 is 23.1. The SMILES string of the molecule is COc1cc(OC)nc(CNc2ccc3c(c2)Cc2cccc(C4CN(c5ccc[nH]c5=O)CCO4)c2O3)n1. The zero-order valence-electron chi connectivity index (χ0n) is 21.8. The van der Waals surface area contributed by atoms with E-state index in [0.717, 1.165) is 40.3 Å². The number of pyridine rings is 1. The van der Waals surface area contributed by atoms with Gasteiger partial charge in [-0.1, -0.05) is 18.2 Å². The van der Waals surface area contributed by atoms with Crippen molar-refractivity contribution in [1.29, 1.82) is 0 Å². The molecular weight excluding hydrogens is 498 g/mol. The minimum atomic E-state index is -0.212. The van der Waals surface area contributed by atoms with Gasteiger partial charge in [-0.25, -0.2) is 0 Å². The fraction of sp³-hybridized carbons (Fsp3) is 0.276.